The van der Waals surface area contributed by atoms with Crippen LogP contribution in [-0.2, 0) is 0 Å². The molecule has 1 aromatic carbocycles. The van der Waals surface area contributed by atoms with Crippen LogP contribution in [0.15, 0.2) is 24.3 Å². The van der Waals surface area contributed by atoms with Crippen LogP contribution in [0.3, 0.4) is 0 Å². The smallest absolute Gasteiger partial charge is 0.191 e. The highest BCUT2D eigenvalue weighted by atomic mass is 15.3. The van der Waals surface area contributed by atoms with Crippen LogP contribution in [0, 0.1) is 20.8 Å². The van der Waals surface area contributed by atoms with Crippen molar-refractivity contribution in [3.63, 3.8) is 0 Å². The first-order valence-electron chi connectivity index (χ1n) is 5.79. The minimum absolute atomic E-state index is 0.751. The van der Waals surface area contributed by atoms with Crippen LogP contribution in [0.2, 0.25) is 0 Å². The van der Waals surface area contributed by atoms with Crippen LogP contribution in [0.25, 0.3) is 17.2 Å². The van der Waals surface area contributed by atoms with E-state index in [2.05, 4.69) is 39.5 Å². The lowest BCUT2D eigenvalue weighted by Gasteiger charge is -2.12. The Morgan fingerprint density at radius 1 is 0.833 bits per heavy atom. The standard InChI is InChI=1S/C13H13N5/c1-8-4-6-11(7-5-8)18-10(3)15-16-12-9(2)14-17-13(12)18/h4-7H,1-3H3. The summed E-state index contributed by atoms with van der Waals surface area (Å²) in [4.78, 5) is 0. The molecule has 2 aliphatic rings. The lowest BCUT2D eigenvalue weighted by Crippen LogP contribution is -2.10. The second-order valence-corrected chi connectivity index (χ2v) is 4.38. The quantitative estimate of drug-likeness (QED) is 0.652. The Balaban J connectivity index is 2.27. The molecule has 0 saturated carbocycles. The topological polar surface area (TPSA) is 56.5 Å². The van der Waals surface area contributed by atoms with Gasteiger partial charge in [0.1, 0.15) is 5.82 Å². The number of benzene rings is 1. The van der Waals surface area contributed by atoms with Crippen molar-refractivity contribution in [2.75, 3.05) is 0 Å². The second kappa shape index (κ2) is 3.87. The zero-order chi connectivity index (χ0) is 12.7. The van der Waals surface area contributed by atoms with Gasteiger partial charge in [0.2, 0.25) is 0 Å². The zero-order valence-corrected chi connectivity index (χ0v) is 10.5. The summed E-state index contributed by atoms with van der Waals surface area (Å²) >= 11 is 0. The summed E-state index contributed by atoms with van der Waals surface area (Å²) in [5.74, 6) is 1.55. The first-order chi connectivity index (χ1) is 8.66. The first kappa shape index (κ1) is 10.8. The Kier molecular flexibility index (Phi) is 2.33. The molecule has 0 fully saturated rings. The molecule has 1 aromatic rings. The molecule has 0 radical (unpaired) electrons. The number of aryl methyl sites for hydroxylation is 3. The van der Waals surface area contributed by atoms with Crippen molar-refractivity contribution in [1.82, 2.24) is 25.0 Å². The van der Waals surface area contributed by atoms with Crippen molar-refractivity contribution >= 4 is 0 Å². The van der Waals surface area contributed by atoms with E-state index in [1.54, 1.807) is 0 Å². The molecule has 2 heterocycles. The molecule has 0 atom stereocenters. The number of fused-ring (bicyclic) bond motifs is 1. The molecule has 0 bridgehead atoms. The average Bonchev–Trinajstić information content (AvgIpc) is 2.73. The molecular formula is C13H13N5. The molecule has 5 heteroatoms. The lowest BCUT2D eigenvalue weighted by atomic mass is 10.2. The molecule has 0 N–H and O–H groups in total. The third-order valence-corrected chi connectivity index (χ3v) is 2.97. The van der Waals surface area contributed by atoms with Gasteiger partial charge in [0, 0.05) is 5.69 Å². The van der Waals surface area contributed by atoms with Gasteiger partial charge in [-0.05, 0) is 32.9 Å². The lowest BCUT2D eigenvalue weighted by molar-refractivity contribution is 0.815. The number of aromatic nitrogens is 5. The molecule has 90 valence electrons. The fourth-order valence-electron chi connectivity index (χ4n) is 1.97. The molecule has 0 unspecified atom stereocenters. The van der Waals surface area contributed by atoms with Gasteiger partial charge < -0.3 is 0 Å². The summed E-state index contributed by atoms with van der Waals surface area (Å²) in [5.41, 5.74) is 3.80. The van der Waals surface area contributed by atoms with E-state index in [1.807, 2.05) is 30.5 Å². The highest BCUT2D eigenvalue weighted by Crippen LogP contribution is 2.23. The van der Waals surface area contributed by atoms with Crippen LogP contribution < -0.4 is 0 Å². The molecule has 0 saturated heterocycles. The number of hydrogen-bond donors (Lipinski definition) is 0. The molecular weight excluding hydrogens is 226 g/mol. The Labute approximate surface area is 105 Å². The zero-order valence-electron chi connectivity index (χ0n) is 10.5. The van der Waals surface area contributed by atoms with Gasteiger partial charge in [-0.15, -0.1) is 15.3 Å². The Bertz CT molecular complexity index is 669. The second-order valence-electron chi connectivity index (χ2n) is 4.38. The molecule has 0 spiro atoms. The maximum atomic E-state index is 4.19. The number of nitrogens with zero attached hydrogens (tertiary/aromatic N) is 5. The van der Waals surface area contributed by atoms with Gasteiger partial charge in [-0.3, -0.25) is 4.57 Å². The highest BCUT2D eigenvalue weighted by Gasteiger charge is 2.19. The van der Waals surface area contributed by atoms with E-state index in [0.29, 0.717) is 0 Å². The minimum Gasteiger partial charge on any atom is -0.278 e. The van der Waals surface area contributed by atoms with Gasteiger partial charge in [0.25, 0.3) is 0 Å². The predicted molar refractivity (Wildman–Crippen MR) is 67.8 cm³/mol. The van der Waals surface area contributed by atoms with Crippen molar-refractivity contribution < 1.29 is 0 Å². The first-order valence-corrected chi connectivity index (χ1v) is 5.79. The third-order valence-electron chi connectivity index (χ3n) is 2.97. The normalized spacial score (nSPS) is 11.1. The van der Waals surface area contributed by atoms with Gasteiger partial charge in [0.05, 0.1) is 5.69 Å². The molecule has 0 aromatic heterocycles. The maximum Gasteiger partial charge on any atom is 0.191 e. The van der Waals surface area contributed by atoms with E-state index < -0.39 is 0 Å². The van der Waals surface area contributed by atoms with E-state index in [1.165, 1.54) is 5.56 Å². The van der Waals surface area contributed by atoms with Crippen molar-refractivity contribution in [3.05, 3.63) is 41.3 Å². The molecule has 2 aliphatic heterocycles. The van der Waals surface area contributed by atoms with Crippen LogP contribution in [0.4, 0.5) is 0 Å². The summed E-state index contributed by atoms with van der Waals surface area (Å²) in [6.07, 6.45) is 0. The van der Waals surface area contributed by atoms with Gasteiger partial charge in [0.15, 0.2) is 11.5 Å². The van der Waals surface area contributed by atoms with Gasteiger partial charge in [-0.2, -0.15) is 5.10 Å². The van der Waals surface area contributed by atoms with E-state index in [0.717, 1.165) is 28.7 Å². The summed E-state index contributed by atoms with van der Waals surface area (Å²) in [6, 6.07) is 8.23. The van der Waals surface area contributed by atoms with E-state index >= 15 is 0 Å². The van der Waals surface area contributed by atoms with Crippen molar-refractivity contribution in [1.29, 1.82) is 0 Å². The van der Waals surface area contributed by atoms with Crippen LogP contribution in [-0.4, -0.2) is 25.0 Å². The molecule has 3 rings (SSSR count). The minimum atomic E-state index is 0.751. The molecule has 18 heavy (non-hydrogen) atoms. The highest BCUT2D eigenvalue weighted by molar-refractivity contribution is 5.57. The fourth-order valence-corrected chi connectivity index (χ4v) is 1.97. The van der Waals surface area contributed by atoms with Crippen molar-refractivity contribution in [3.8, 4) is 17.2 Å². The average molecular weight is 239 g/mol. The fraction of sp³-hybridized carbons (Fsp3) is 0.231. The van der Waals surface area contributed by atoms with Gasteiger partial charge in [-0.1, -0.05) is 17.7 Å². The van der Waals surface area contributed by atoms with E-state index in [-0.39, 0.29) is 0 Å². The monoisotopic (exact) mass is 239 g/mol. The van der Waals surface area contributed by atoms with E-state index in [9.17, 15) is 0 Å². The maximum absolute atomic E-state index is 4.19. The van der Waals surface area contributed by atoms with Crippen molar-refractivity contribution in [2.24, 2.45) is 0 Å². The Hall–Kier alpha value is -2.30. The molecule has 5 nitrogen and oxygen atoms in total. The number of hydrogen-bond acceptors (Lipinski definition) is 4. The summed E-state index contributed by atoms with van der Waals surface area (Å²) in [7, 11) is 0. The van der Waals surface area contributed by atoms with Gasteiger partial charge >= 0.3 is 0 Å². The summed E-state index contributed by atoms with van der Waals surface area (Å²) in [6.45, 7) is 5.86. The van der Waals surface area contributed by atoms with Gasteiger partial charge in [-0.25, -0.2) is 0 Å². The molecule has 0 aliphatic carbocycles. The van der Waals surface area contributed by atoms with E-state index in [4.69, 9.17) is 0 Å². The Morgan fingerprint density at radius 3 is 2.28 bits per heavy atom. The molecule has 0 amide bonds. The third kappa shape index (κ3) is 1.55. The predicted octanol–water partition coefficient (Wildman–Crippen LogP) is 2.09. The van der Waals surface area contributed by atoms with Crippen LogP contribution in [0.1, 0.15) is 17.1 Å². The number of rotatable bonds is 1. The van der Waals surface area contributed by atoms with Crippen LogP contribution in [0.5, 0.6) is 0 Å². The summed E-state index contributed by atoms with van der Waals surface area (Å²) in [5, 5.41) is 16.6. The Morgan fingerprint density at radius 2 is 1.56 bits per heavy atom. The van der Waals surface area contributed by atoms with Crippen molar-refractivity contribution in [2.45, 2.75) is 20.8 Å². The largest absolute Gasteiger partial charge is 0.278 e. The summed E-state index contributed by atoms with van der Waals surface area (Å²) < 4.78 is 1.97. The van der Waals surface area contributed by atoms with Crippen LogP contribution >= 0.6 is 0 Å². The SMILES string of the molecule is Cc1ccc(-n2c(C)nnc3c(C)nnc2-3)cc1.